The topological polar surface area (TPSA) is 23.6 Å². The summed E-state index contributed by atoms with van der Waals surface area (Å²) in [6.07, 6.45) is 6.73. The van der Waals surface area contributed by atoms with Crippen LogP contribution in [0.5, 0.6) is 0 Å². The Kier molecular flexibility index (Phi) is 7.52. The molecule has 1 unspecified atom stereocenters. The summed E-state index contributed by atoms with van der Waals surface area (Å²) in [5.41, 5.74) is 0. The second-order valence-corrected chi connectivity index (χ2v) is 5.81. The molecule has 0 aromatic rings. The summed E-state index contributed by atoms with van der Waals surface area (Å²) in [6, 6.07) is 0. The lowest BCUT2D eigenvalue weighted by Gasteiger charge is -2.25. The van der Waals surface area contributed by atoms with Crippen molar-refractivity contribution in [3.8, 4) is 0 Å². The fourth-order valence-electron chi connectivity index (χ4n) is 2.73. The van der Waals surface area contributed by atoms with Crippen LogP contribution >= 0.6 is 0 Å². The Labute approximate surface area is 113 Å². The van der Waals surface area contributed by atoms with Crippen LogP contribution in [0.3, 0.4) is 0 Å². The lowest BCUT2D eigenvalue weighted by molar-refractivity contribution is -0.123. The predicted molar refractivity (Wildman–Crippen MR) is 76.9 cm³/mol. The molecule has 0 heterocycles. The van der Waals surface area contributed by atoms with Crippen LogP contribution in [0.2, 0.25) is 0 Å². The van der Waals surface area contributed by atoms with E-state index in [4.69, 9.17) is 0 Å². The van der Waals surface area contributed by atoms with Gasteiger partial charge in [0.05, 0.1) is 0 Å². The van der Waals surface area contributed by atoms with E-state index >= 15 is 0 Å². The molecule has 0 radical (unpaired) electrons. The van der Waals surface area contributed by atoms with Gasteiger partial charge in [-0.05, 0) is 53.0 Å². The first-order valence-corrected chi connectivity index (χ1v) is 7.53. The van der Waals surface area contributed by atoms with Crippen molar-refractivity contribution >= 4 is 5.78 Å². The highest BCUT2D eigenvalue weighted by Crippen LogP contribution is 2.21. The van der Waals surface area contributed by atoms with Gasteiger partial charge in [-0.3, -0.25) is 4.79 Å². The van der Waals surface area contributed by atoms with E-state index in [1.54, 1.807) is 0 Å². The van der Waals surface area contributed by atoms with Gasteiger partial charge in [-0.2, -0.15) is 0 Å². The van der Waals surface area contributed by atoms with E-state index in [1.807, 2.05) is 0 Å². The first-order chi connectivity index (χ1) is 8.63. The highest BCUT2D eigenvalue weighted by atomic mass is 16.1. The summed E-state index contributed by atoms with van der Waals surface area (Å²) in [7, 11) is 4.23. The monoisotopic (exact) mass is 254 g/mol. The minimum Gasteiger partial charge on any atom is -0.309 e. The molecular formula is C15H30N2O. The number of rotatable bonds is 7. The molecule has 3 heteroatoms. The molecule has 1 fully saturated rings. The average molecular weight is 254 g/mol. The fourth-order valence-corrected chi connectivity index (χ4v) is 2.73. The van der Waals surface area contributed by atoms with Crippen LogP contribution in [0.25, 0.3) is 0 Å². The molecule has 18 heavy (non-hydrogen) atoms. The van der Waals surface area contributed by atoms with Crippen LogP contribution in [0.1, 0.15) is 45.4 Å². The van der Waals surface area contributed by atoms with Crippen LogP contribution in [0.15, 0.2) is 0 Å². The van der Waals surface area contributed by atoms with Crippen molar-refractivity contribution in [3.05, 3.63) is 0 Å². The summed E-state index contributed by atoms with van der Waals surface area (Å²) in [6.45, 7) is 6.52. The number of Topliss-reactive ketones (excluding diaryl/α,β-unsaturated/α-hetero) is 1. The first-order valence-electron chi connectivity index (χ1n) is 7.53. The third-order valence-electron chi connectivity index (χ3n) is 3.94. The van der Waals surface area contributed by atoms with E-state index in [0.717, 1.165) is 45.4 Å². The van der Waals surface area contributed by atoms with E-state index in [1.165, 1.54) is 19.3 Å². The van der Waals surface area contributed by atoms with Crippen molar-refractivity contribution in [2.75, 3.05) is 40.3 Å². The van der Waals surface area contributed by atoms with Crippen molar-refractivity contribution in [2.45, 2.75) is 45.4 Å². The summed E-state index contributed by atoms with van der Waals surface area (Å²) < 4.78 is 0. The third kappa shape index (κ3) is 5.96. The Morgan fingerprint density at radius 1 is 1.17 bits per heavy atom. The second-order valence-electron chi connectivity index (χ2n) is 5.81. The molecule has 1 aliphatic carbocycles. The summed E-state index contributed by atoms with van der Waals surface area (Å²) in [5, 5.41) is 0. The van der Waals surface area contributed by atoms with Crippen LogP contribution in [-0.2, 0) is 4.79 Å². The lowest BCUT2D eigenvalue weighted by Crippen LogP contribution is -2.34. The molecular weight excluding hydrogens is 224 g/mol. The van der Waals surface area contributed by atoms with Crippen LogP contribution in [0.4, 0.5) is 0 Å². The normalized spacial score (nSPS) is 21.6. The van der Waals surface area contributed by atoms with E-state index in [-0.39, 0.29) is 0 Å². The van der Waals surface area contributed by atoms with E-state index < -0.39 is 0 Å². The molecule has 1 saturated carbocycles. The zero-order valence-electron chi connectivity index (χ0n) is 12.5. The number of ketones is 1. The summed E-state index contributed by atoms with van der Waals surface area (Å²) in [4.78, 5) is 16.7. The molecule has 0 N–H and O–H groups in total. The molecule has 0 bridgehead atoms. The van der Waals surface area contributed by atoms with Crippen molar-refractivity contribution in [2.24, 2.45) is 5.92 Å². The van der Waals surface area contributed by atoms with Gasteiger partial charge in [0.25, 0.3) is 0 Å². The van der Waals surface area contributed by atoms with Gasteiger partial charge in [0.15, 0.2) is 0 Å². The molecule has 1 atom stereocenters. The van der Waals surface area contributed by atoms with Gasteiger partial charge < -0.3 is 9.80 Å². The van der Waals surface area contributed by atoms with E-state index in [2.05, 4.69) is 30.8 Å². The van der Waals surface area contributed by atoms with Gasteiger partial charge >= 0.3 is 0 Å². The van der Waals surface area contributed by atoms with Gasteiger partial charge in [0, 0.05) is 18.9 Å². The van der Waals surface area contributed by atoms with E-state index in [0.29, 0.717) is 11.7 Å². The van der Waals surface area contributed by atoms with Gasteiger partial charge in [0.1, 0.15) is 5.78 Å². The number of hydrogen-bond acceptors (Lipinski definition) is 3. The molecule has 106 valence electrons. The molecule has 1 rings (SSSR count). The largest absolute Gasteiger partial charge is 0.309 e. The maximum absolute atomic E-state index is 12.0. The zero-order chi connectivity index (χ0) is 13.4. The molecule has 0 amide bonds. The second kappa shape index (κ2) is 8.65. The van der Waals surface area contributed by atoms with Gasteiger partial charge in [0.2, 0.25) is 0 Å². The standard InChI is InChI=1S/C15H30N2O/c1-4-17(12-8-11-16(2)3)13-14-9-6-5-7-10-15(14)18/h14H,4-13H2,1-3H3. The zero-order valence-corrected chi connectivity index (χ0v) is 12.5. The van der Waals surface area contributed by atoms with Crippen molar-refractivity contribution in [1.82, 2.24) is 9.80 Å². The molecule has 0 aromatic carbocycles. The van der Waals surface area contributed by atoms with Crippen molar-refractivity contribution in [1.29, 1.82) is 0 Å². The molecule has 0 aliphatic heterocycles. The number of nitrogens with zero attached hydrogens (tertiary/aromatic N) is 2. The van der Waals surface area contributed by atoms with Crippen molar-refractivity contribution < 1.29 is 4.79 Å². The van der Waals surface area contributed by atoms with Crippen LogP contribution < -0.4 is 0 Å². The Bertz CT molecular complexity index is 241. The fraction of sp³-hybridized carbons (Fsp3) is 0.933. The van der Waals surface area contributed by atoms with Crippen LogP contribution in [0, 0.1) is 5.92 Å². The molecule has 3 nitrogen and oxygen atoms in total. The van der Waals surface area contributed by atoms with Crippen LogP contribution in [-0.4, -0.2) is 55.9 Å². The Morgan fingerprint density at radius 2 is 1.94 bits per heavy atom. The molecule has 0 saturated heterocycles. The number of hydrogen-bond donors (Lipinski definition) is 0. The SMILES string of the molecule is CCN(CCCN(C)C)CC1CCCCCC1=O. The maximum Gasteiger partial charge on any atom is 0.137 e. The lowest BCUT2D eigenvalue weighted by atomic mass is 9.98. The minimum absolute atomic E-state index is 0.312. The van der Waals surface area contributed by atoms with E-state index in [9.17, 15) is 4.79 Å². The Morgan fingerprint density at radius 3 is 2.61 bits per heavy atom. The minimum atomic E-state index is 0.312. The molecule has 0 spiro atoms. The number of carbonyl (C=O) groups is 1. The molecule has 1 aliphatic rings. The smallest absolute Gasteiger partial charge is 0.137 e. The maximum atomic E-state index is 12.0. The highest BCUT2D eigenvalue weighted by Gasteiger charge is 2.22. The molecule has 0 aromatic heterocycles. The Hall–Kier alpha value is -0.410. The summed E-state index contributed by atoms with van der Waals surface area (Å²) >= 11 is 0. The first kappa shape index (κ1) is 15.6. The Balaban J connectivity index is 2.33. The highest BCUT2D eigenvalue weighted by molar-refractivity contribution is 5.81. The van der Waals surface area contributed by atoms with Crippen molar-refractivity contribution in [3.63, 3.8) is 0 Å². The average Bonchev–Trinajstić information content (AvgIpc) is 2.53. The quantitative estimate of drug-likeness (QED) is 0.652. The van der Waals surface area contributed by atoms with Gasteiger partial charge in [-0.15, -0.1) is 0 Å². The summed E-state index contributed by atoms with van der Waals surface area (Å²) in [5.74, 6) is 0.824. The predicted octanol–water partition coefficient (Wildman–Crippen LogP) is 2.41. The van der Waals surface area contributed by atoms with Gasteiger partial charge in [-0.25, -0.2) is 0 Å². The van der Waals surface area contributed by atoms with Gasteiger partial charge in [-0.1, -0.05) is 19.8 Å². The number of carbonyl (C=O) groups excluding carboxylic acids is 1. The third-order valence-corrected chi connectivity index (χ3v) is 3.94.